The lowest BCUT2D eigenvalue weighted by Gasteiger charge is -2.38. The summed E-state index contributed by atoms with van der Waals surface area (Å²) in [5.74, 6) is 1.07. The molecule has 0 aliphatic carbocycles. The van der Waals surface area contributed by atoms with Crippen LogP contribution in [0.15, 0.2) is 59.4 Å². The number of carbonyl (C=O) groups excluding carboxylic acids is 1. The van der Waals surface area contributed by atoms with Gasteiger partial charge in [-0.05, 0) is 24.1 Å². The highest BCUT2D eigenvalue weighted by atomic mass is 16.5. The molecule has 24 heavy (non-hydrogen) atoms. The van der Waals surface area contributed by atoms with Gasteiger partial charge in [0.05, 0.1) is 6.42 Å². The summed E-state index contributed by atoms with van der Waals surface area (Å²) in [5.41, 5.74) is 1.81. The van der Waals surface area contributed by atoms with Gasteiger partial charge in [0, 0.05) is 24.5 Å². The number of aromatic nitrogens is 3. The van der Waals surface area contributed by atoms with Gasteiger partial charge in [0.2, 0.25) is 17.6 Å². The molecule has 1 amide bonds. The molecule has 1 saturated heterocycles. The van der Waals surface area contributed by atoms with E-state index in [9.17, 15) is 4.79 Å². The molecule has 1 atom stereocenters. The van der Waals surface area contributed by atoms with Crippen molar-refractivity contribution in [2.24, 2.45) is 0 Å². The molecular weight excluding hydrogens is 304 g/mol. The summed E-state index contributed by atoms with van der Waals surface area (Å²) >= 11 is 0. The first kappa shape index (κ1) is 14.6. The van der Waals surface area contributed by atoms with Crippen molar-refractivity contribution < 1.29 is 9.32 Å². The molecular formula is C18H16N4O2. The number of hydrogen-bond acceptors (Lipinski definition) is 5. The van der Waals surface area contributed by atoms with E-state index in [-0.39, 0.29) is 11.9 Å². The first-order valence-corrected chi connectivity index (χ1v) is 7.88. The fourth-order valence-corrected chi connectivity index (χ4v) is 2.80. The van der Waals surface area contributed by atoms with Gasteiger partial charge in [-0.2, -0.15) is 4.98 Å². The van der Waals surface area contributed by atoms with Gasteiger partial charge in [0.15, 0.2) is 0 Å². The van der Waals surface area contributed by atoms with Crippen molar-refractivity contribution in [2.75, 3.05) is 6.54 Å². The zero-order valence-electron chi connectivity index (χ0n) is 13.0. The van der Waals surface area contributed by atoms with Gasteiger partial charge in [-0.25, -0.2) is 0 Å². The number of rotatable bonds is 4. The largest absolute Gasteiger partial charge is 0.337 e. The van der Waals surface area contributed by atoms with Crippen LogP contribution in [0, 0.1) is 0 Å². The molecule has 1 fully saturated rings. The van der Waals surface area contributed by atoms with Crippen LogP contribution < -0.4 is 0 Å². The molecule has 1 aliphatic rings. The lowest BCUT2D eigenvalue weighted by atomic mass is 10.0. The Morgan fingerprint density at radius 1 is 1.21 bits per heavy atom. The molecule has 0 spiro atoms. The zero-order chi connectivity index (χ0) is 16.4. The second kappa shape index (κ2) is 6.23. The van der Waals surface area contributed by atoms with Gasteiger partial charge in [-0.1, -0.05) is 35.5 Å². The first-order chi connectivity index (χ1) is 11.8. The van der Waals surface area contributed by atoms with Gasteiger partial charge < -0.3 is 9.42 Å². The number of pyridine rings is 1. The highest BCUT2D eigenvalue weighted by Gasteiger charge is 2.37. The molecule has 0 radical (unpaired) electrons. The van der Waals surface area contributed by atoms with E-state index in [1.54, 1.807) is 17.3 Å². The average molecular weight is 320 g/mol. The van der Waals surface area contributed by atoms with Crippen molar-refractivity contribution in [1.29, 1.82) is 0 Å². The van der Waals surface area contributed by atoms with Crippen LogP contribution in [0.4, 0.5) is 0 Å². The predicted octanol–water partition coefficient (Wildman–Crippen LogP) is 2.65. The minimum Gasteiger partial charge on any atom is -0.337 e. The summed E-state index contributed by atoms with van der Waals surface area (Å²) in [7, 11) is 0. The van der Waals surface area contributed by atoms with Crippen molar-refractivity contribution in [3.63, 3.8) is 0 Å². The van der Waals surface area contributed by atoms with Gasteiger partial charge in [-0.3, -0.25) is 9.78 Å². The summed E-state index contributed by atoms with van der Waals surface area (Å²) < 4.78 is 5.37. The Hall–Kier alpha value is -3.02. The zero-order valence-corrected chi connectivity index (χ0v) is 13.0. The number of carbonyl (C=O) groups is 1. The van der Waals surface area contributed by atoms with E-state index < -0.39 is 0 Å². The minimum atomic E-state index is -0.126. The molecule has 3 heterocycles. The number of benzene rings is 1. The molecule has 6 heteroatoms. The van der Waals surface area contributed by atoms with Gasteiger partial charge >= 0.3 is 0 Å². The molecule has 6 nitrogen and oxygen atoms in total. The van der Waals surface area contributed by atoms with Crippen LogP contribution in [0.5, 0.6) is 0 Å². The van der Waals surface area contributed by atoms with Crippen molar-refractivity contribution in [2.45, 2.75) is 18.9 Å². The van der Waals surface area contributed by atoms with E-state index in [1.165, 1.54) is 0 Å². The standard InChI is InChI=1S/C18H16N4O2/c23-16(11-13-5-2-1-3-6-13)22-10-8-15(22)18-20-17(21-24-18)14-7-4-9-19-12-14/h1-7,9,12,15H,8,10-11H2. The van der Waals surface area contributed by atoms with E-state index in [0.717, 1.165) is 24.1 Å². The van der Waals surface area contributed by atoms with Gasteiger partial charge in [-0.15, -0.1) is 0 Å². The summed E-state index contributed by atoms with van der Waals surface area (Å²) in [6.07, 6.45) is 4.62. The third kappa shape index (κ3) is 2.78. The molecule has 4 rings (SSSR count). The van der Waals surface area contributed by atoms with Crippen molar-refractivity contribution in [1.82, 2.24) is 20.0 Å². The van der Waals surface area contributed by atoms with E-state index in [0.29, 0.717) is 18.1 Å². The predicted molar refractivity (Wildman–Crippen MR) is 86.7 cm³/mol. The second-order valence-electron chi connectivity index (χ2n) is 5.75. The van der Waals surface area contributed by atoms with Crippen LogP contribution >= 0.6 is 0 Å². The molecule has 120 valence electrons. The van der Waals surface area contributed by atoms with E-state index in [2.05, 4.69) is 15.1 Å². The first-order valence-electron chi connectivity index (χ1n) is 7.88. The smallest absolute Gasteiger partial charge is 0.249 e. The SMILES string of the molecule is O=C(Cc1ccccc1)N1CCC1c1nc(-c2cccnc2)no1. The fourth-order valence-electron chi connectivity index (χ4n) is 2.80. The van der Waals surface area contributed by atoms with Gasteiger partial charge in [0.1, 0.15) is 6.04 Å². The van der Waals surface area contributed by atoms with Crippen LogP contribution in [0.1, 0.15) is 23.9 Å². The summed E-state index contributed by atoms with van der Waals surface area (Å²) in [4.78, 5) is 22.8. The van der Waals surface area contributed by atoms with Crippen LogP contribution in [-0.2, 0) is 11.2 Å². The Labute approximate surface area is 139 Å². The molecule has 1 unspecified atom stereocenters. The Bertz CT molecular complexity index is 832. The Morgan fingerprint density at radius 2 is 2.08 bits per heavy atom. The Morgan fingerprint density at radius 3 is 2.79 bits per heavy atom. The third-order valence-electron chi connectivity index (χ3n) is 4.18. The van der Waals surface area contributed by atoms with Crippen LogP contribution in [0.3, 0.4) is 0 Å². The number of amides is 1. The quantitative estimate of drug-likeness (QED) is 0.739. The maximum atomic E-state index is 12.5. The summed E-state index contributed by atoms with van der Waals surface area (Å²) in [6, 6.07) is 13.3. The minimum absolute atomic E-state index is 0.0820. The van der Waals surface area contributed by atoms with Crippen LogP contribution in [0.25, 0.3) is 11.4 Å². The lowest BCUT2D eigenvalue weighted by molar-refractivity contribution is -0.139. The average Bonchev–Trinajstić information content (AvgIpc) is 3.05. The maximum Gasteiger partial charge on any atom is 0.249 e. The molecule has 0 bridgehead atoms. The number of hydrogen-bond donors (Lipinski definition) is 0. The number of likely N-dealkylation sites (tertiary alicyclic amines) is 1. The molecule has 1 aromatic carbocycles. The van der Waals surface area contributed by atoms with Crippen LogP contribution in [-0.4, -0.2) is 32.5 Å². The molecule has 0 N–H and O–H groups in total. The van der Waals surface area contributed by atoms with E-state index in [1.807, 2.05) is 42.5 Å². The highest BCUT2D eigenvalue weighted by Crippen LogP contribution is 2.33. The van der Waals surface area contributed by atoms with Crippen molar-refractivity contribution in [3.05, 3.63) is 66.3 Å². The Balaban J connectivity index is 1.47. The third-order valence-corrected chi connectivity index (χ3v) is 4.18. The monoisotopic (exact) mass is 320 g/mol. The van der Waals surface area contributed by atoms with Gasteiger partial charge in [0.25, 0.3) is 0 Å². The molecule has 2 aromatic heterocycles. The maximum absolute atomic E-state index is 12.5. The molecule has 3 aromatic rings. The van der Waals surface area contributed by atoms with Crippen LogP contribution in [0.2, 0.25) is 0 Å². The number of nitrogens with zero attached hydrogens (tertiary/aromatic N) is 4. The molecule has 1 aliphatic heterocycles. The lowest BCUT2D eigenvalue weighted by Crippen LogP contribution is -2.46. The normalized spacial score (nSPS) is 16.7. The van der Waals surface area contributed by atoms with Crippen molar-refractivity contribution >= 4 is 5.91 Å². The second-order valence-corrected chi connectivity index (χ2v) is 5.75. The summed E-state index contributed by atoms with van der Waals surface area (Å²) in [5, 5.41) is 4.00. The topological polar surface area (TPSA) is 72.1 Å². The van der Waals surface area contributed by atoms with Crippen molar-refractivity contribution in [3.8, 4) is 11.4 Å². The highest BCUT2D eigenvalue weighted by molar-refractivity contribution is 5.79. The van der Waals surface area contributed by atoms with E-state index >= 15 is 0 Å². The summed E-state index contributed by atoms with van der Waals surface area (Å²) in [6.45, 7) is 0.723. The van der Waals surface area contributed by atoms with E-state index in [4.69, 9.17) is 4.52 Å². The Kier molecular flexibility index (Phi) is 3.78. The molecule has 0 saturated carbocycles. The fraction of sp³-hybridized carbons (Fsp3) is 0.222.